The maximum Gasteiger partial charge on any atom is 0.220 e. The molecule has 2 aromatic carbocycles. The highest BCUT2D eigenvalue weighted by Crippen LogP contribution is 2.57. The highest BCUT2D eigenvalue weighted by molar-refractivity contribution is 8.76. The van der Waals surface area contributed by atoms with Crippen LogP contribution in [0.3, 0.4) is 0 Å². The smallest absolute Gasteiger partial charge is 0.220 e. The van der Waals surface area contributed by atoms with Crippen molar-refractivity contribution in [2.24, 2.45) is 40.9 Å². The molecule has 1 spiro atoms. The largest absolute Gasteiger partial charge is 0.504 e. The Kier molecular flexibility index (Phi) is 21.9. The third-order valence-electron chi connectivity index (χ3n) is 16.9. The number of aryl methyl sites for hydroxylation is 1. The number of benzene rings is 2. The fourth-order valence-corrected chi connectivity index (χ4v) is 16.0. The van der Waals surface area contributed by atoms with Gasteiger partial charge in [0, 0.05) is 74.0 Å². The number of phenolic OH excluding ortho intramolecular Hbond substituents is 2. The van der Waals surface area contributed by atoms with Gasteiger partial charge in [-0.25, -0.2) is 0 Å². The lowest BCUT2D eigenvalue weighted by Gasteiger charge is -2.53. The number of carbonyl (C=O) groups excluding carboxylic acids is 1. The van der Waals surface area contributed by atoms with E-state index in [2.05, 4.69) is 29.4 Å². The van der Waals surface area contributed by atoms with Gasteiger partial charge in [-0.05, 0) is 161 Å². The maximum absolute atomic E-state index is 12.6. The van der Waals surface area contributed by atoms with Crippen LogP contribution in [0.25, 0.3) is 0 Å². The Balaban J connectivity index is 1.13. The second-order valence-electron chi connectivity index (χ2n) is 21.6. The molecule has 2 saturated carbocycles. The first-order valence-electron chi connectivity index (χ1n) is 26.9. The van der Waals surface area contributed by atoms with Crippen molar-refractivity contribution in [3.05, 3.63) is 41.0 Å². The van der Waals surface area contributed by atoms with Crippen molar-refractivity contribution in [2.45, 2.75) is 158 Å². The summed E-state index contributed by atoms with van der Waals surface area (Å²) in [6, 6.07) is 6.97. The lowest BCUT2D eigenvalue weighted by molar-refractivity contribution is -0.119. The van der Waals surface area contributed by atoms with E-state index in [1.165, 1.54) is 35.8 Å². The van der Waals surface area contributed by atoms with E-state index in [1.807, 2.05) is 6.07 Å². The zero-order valence-corrected chi connectivity index (χ0v) is 45.1. The summed E-state index contributed by atoms with van der Waals surface area (Å²) < 4.78 is 28.9. The Morgan fingerprint density at radius 3 is 2.45 bits per heavy atom. The number of aliphatic hydroxyl groups excluding tert-OH is 5. The molecule has 9 N–H and O–H groups in total. The molecule has 0 aromatic heterocycles. The molecule has 3 aliphatic heterocycles. The van der Waals surface area contributed by atoms with E-state index in [9.17, 15) is 40.5 Å². The van der Waals surface area contributed by atoms with Crippen molar-refractivity contribution >= 4 is 27.5 Å². The molecule has 2 aliphatic carbocycles. The lowest BCUT2D eigenvalue weighted by atomic mass is 9.51. The van der Waals surface area contributed by atoms with Gasteiger partial charge in [-0.2, -0.15) is 0 Å². The Morgan fingerprint density at radius 1 is 0.918 bits per heavy atom. The summed E-state index contributed by atoms with van der Waals surface area (Å²) in [6.45, 7) is 4.03. The number of hydrogen-bond acceptors (Lipinski definition) is 16. The summed E-state index contributed by atoms with van der Waals surface area (Å²) in [5.41, 5.74) is 2.15. The van der Waals surface area contributed by atoms with Gasteiger partial charge in [-0.15, -0.1) is 5.92 Å². The van der Waals surface area contributed by atoms with Crippen LogP contribution in [0.1, 0.15) is 125 Å². The highest BCUT2D eigenvalue weighted by Gasteiger charge is 2.52. The van der Waals surface area contributed by atoms with Crippen LogP contribution in [0, 0.1) is 52.8 Å². The standard InChI is InChI=1S/C56H84N2O13S2/c1-34-9-12-38(13-16-46(61)42-29-54(65)58-45(42)8-7-21-67-2)56(30-34)18-5-6-19-57-31-37-11-15-40(26-44(37)56)71-50-25-36-10-14-39(70-33-60)27-47(62)43(22-35-23-51(68-3)55(66)52(24-35)69-4)49(64)32-72-73-53(17-20-59)41(36)28-48(50)63/h23-25,28,34,37-40,42-47,49,53,57,59-64,66H,6-17,19-22,26-27,29-33H2,1-4H3,(H,58,65)/t34-,37+,38-,39+,40-,42+,43+,44-,45-,46-,47-,49-,53+,56+/m1/s1. The first-order chi connectivity index (χ1) is 35.3. The fourth-order valence-electron chi connectivity index (χ4n) is 13.1. The Bertz CT molecular complexity index is 2120. The summed E-state index contributed by atoms with van der Waals surface area (Å²) >= 11 is 0. The first kappa shape index (κ1) is 57.6. The van der Waals surface area contributed by atoms with E-state index < -0.39 is 37.1 Å². The van der Waals surface area contributed by atoms with Gasteiger partial charge in [-0.1, -0.05) is 40.9 Å². The van der Waals surface area contributed by atoms with Crippen LogP contribution in [-0.2, 0) is 27.1 Å². The number of carbonyl (C=O) groups is 1. The minimum atomic E-state index is -1.04. The molecule has 14 atom stereocenters. The number of hydrogen-bond donors (Lipinski definition) is 9. The van der Waals surface area contributed by atoms with Crippen LogP contribution in [0.5, 0.6) is 28.7 Å². The van der Waals surface area contributed by atoms with E-state index in [4.69, 9.17) is 23.7 Å². The number of aliphatic hydroxyl groups is 5. The molecule has 7 rings (SSSR count). The summed E-state index contributed by atoms with van der Waals surface area (Å²) in [4.78, 5) is 12.6. The quantitative estimate of drug-likeness (QED) is 0.0323. The van der Waals surface area contributed by atoms with Gasteiger partial charge in [-0.3, -0.25) is 4.79 Å². The van der Waals surface area contributed by atoms with Crippen LogP contribution in [0.2, 0.25) is 0 Å². The minimum Gasteiger partial charge on any atom is -0.504 e. The van der Waals surface area contributed by atoms with Gasteiger partial charge >= 0.3 is 0 Å². The number of methoxy groups -OCH3 is 3. The molecule has 0 radical (unpaired) electrons. The lowest BCUT2D eigenvalue weighted by Crippen LogP contribution is -2.50. The van der Waals surface area contributed by atoms with E-state index in [0.717, 1.165) is 88.4 Å². The van der Waals surface area contributed by atoms with E-state index in [0.29, 0.717) is 61.9 Å². The summed E-state index contributed by atoms with van der Waals surface area (Å²) in [7, 11) is 7.52. The van der Waals surface area contributed by atoms with Crippen molar-refractivity contribution in [3.63, 3.8) is 0 Å². The van der Waals surface area contributed by atoms with Gasteiger partial charge in [0.1, 0.15) is 6.79 Å². The van der Waals surface area contributed by atoms with Gasteiger partial charge < -0.3 is 70.1 Å². The Labute approximate surface area is 441 Å². The summed E-state index contributed by atoms with van der Waals surface area (Å²) in [6.07, 6.45) is 8.00. The van der Waals surface area contributed by atoms with Crippen molar-refractivity contribution in [1.29, 1.82) is 0 Å². The number of amides is 1. The molecule has 3 heterocycles. The average molecular weight is 1060 g/mol. The zero-order chi connectivity index (χ0) is 52.1. The fraction of sp³-hybridized carbons (Fsp3) is 0.732. The van der Waals surface area contributed by atoms with E-state index in [-0.39, 0.29) is 94.7 Å². The molecule has 3 fully saturated rings. The molecule has 73 heavy (non-hydrogen) atoms. The number of nitrogens with one attached hydrogen (secondary N) is 2. The number of phenols is 2. The van der Waals surface area contributed by atoms with Gasteiger partial charge in [0.05, 0.1) is 44.7 Å². The SMILES string of the molecule is COCCC[C@H]1NC(=O)C[C@@H]1[C@H](O)CC[C@H]1CC[C@@H](C)C[C@@]12C#CCCNC[C@@H]1CC[C@@H](Oc3cc4c(cc3O)[C@H](CCO)SSC[C@@H](O)[C@@H](Cc3cc(OC)c(O)c(OC)c3)[C@H](O)C[C@@H](OCO)CC4)C[C@H]12. The first-order valence-corrected chi connectivity index (χ1v) is 29.3. The van der Waals surface area contributed by atoms with Crippen molar-refractivity contribution in [1.82, 2.24) is 10.6 Å². The number of aromatic hydroxyl groups is 2. The number of rotatable bonds is 18. The van der Waals surface area contributed by atoms with Crippen LogP contribution < -0.4 is 24.8 Å². The van der Waals surface area contributed by atoms with Gasteiger partial charge in [0.25, 0.3) is 0 Å². The van der Waals surface area contributed by atoms with E-state index in [1.54, 1.807) is 25.3 Å². The van der Waals surface area contributed by atoms with Crippen molar-refractivity contribution < 1.29 is 64.2 Å². The molecule has 17 heteroatoms. The second kappa shape index (κ2) is 27.8. The predicted molar refractivity (Wildman–Crippen MR) is 284 cm³/mol. The van der Waals surface area contributed by atoms with Crippen LogP contribution >= 0.6 is 21.6 Å². The highest BCUT2D eigenvalue weighted by atomic mass is 33.1. The normalized spacial score (nSPS) is 32.6. The molecule has 15 nitrogen and oxygen atoms in total. The average Bonchev–Trinajstić information content (AvgIpc) is 3.79. The third kappa shape index (κ3) is 14.7. The molecule has 0 bridgehead atoms. The predicted octanol–water partition coefficient (Wildman–Crippen LogP) is 6.83. The van der Waals surface area contributed by atoms with Crippen molar-refractivity contribution in [3.8, 4) is 40.6 Å². The summed E-state index contributed by atoms with van der Waals surface area (Å²) in [5.74, 6) is 9.09. The molecule has 408 valence electrons. The zero-order valence-electron chi connectivity index (χ0n) is 43.5. The maximum atomic E-state index is 12.6. The van der Waals surface area contributed by atoms with Gasteiger partial charge in [0.15, 0.2) is 23.0 Å². The molecular formula is C56H84N2O13S2. The monoisotopic (exact) mass is 1060 g/mol. The Hall–Kier alpha value is -3.15. The third-order valence-corrected chi connectivity index (χ3v) is 19.7. The molecule has 2 aromatic rings. The summed E-state index contributed by atoms with van der Waals surface area (Å²) in [5, 5.41) is 84.9. The van der Waals surface area contributed by atoms with Crippen LogP contribution in [0.15, 0.2) is 24.3 Å². The molecular weight excluding hydrogens is 973 g/mol. The molecule has 5 aliphatic rings. The number of ether oxygens (including phenoxy) is 5. The van der Waals surface area contributed by atoms with Crippen LogP contribution in [-0.4, -0.2) is 138 Å². The minimum absolute atomic E-state index is 0.00741. The molecule has 1 saturated heterocycles. The topological polar surface area (TPSA) is 229 Å². The van der Waals surface area contributed by atoms with E-state index >= 15 is 0 Å². The molecule has 0 unspecified atom stereocenters. The van der Waals surface area contributed by atoms with Crippen LogP contribution in [0.4, 0.5) is 0 Å². The Morgan fingerprint density at radius 2 is 1.71 bits per heavy atom. The van der Waals surface area contributed by atoms with Gasteiger partial charge in [0.2, 0.25) is 11.7 Å². The number of fused-ring (bicyclic) bond motifs is 3. The second-order valence-corrected chi connectivity index (χ2v) is 24.2. The van der Waals surface area contributed by atoms with Crippen molar-refractivity contribution in [2.75, 3.05) is 60.2 Å². The molecule has 1 amide bonds.